The lowest BCUT2D eigenvalue weighted by molar-refractivity contribution is -0.132. The first kappa shape index (κ1) is 20.5. The topological polar surface area (TPSA) is 60.9 Å². The highest BCUT2D eigenvalue weighted by Gasteiger charge is 2.33. The van der Waals surface area contributed by atoms with E-state index in [1.165, 1.54) is 0 Å². The predicted molar refractivity (Wildman–Crippen MR) is 113 cm³/mol. The van der Waals surface area contributed by atoms with E-state index in [-0.39, 0.29) is 5.91 Å². The number of carbonyl (C=O) groups excluding carboxylic acids is 1. The molecule has 0 bridgehead atoms. The number of benzene rings is 2. The molecular weight excluding hydrogens is 398 g/mol. The number of sulfonamides is 1. The van der Waals surface area contributed by atoms with Gasteiger partial charge in [-0.05, 0) is 43.3 Å². The Morgan fingerprint density at radius 1 is 1.00 bits per heavy atom. The summed E-state index contributed by atoms with van der Waals surface area (Å²) in [6.07, 6.45) is 1.11. The van der Waals surface area contributed by atoms with E-state index < -0.39 is 16.1 Å². The SMILES string of the molecule is C[C@@H](C(=O)N1CCN(c2ccccc2)CC1)N(c1ccc(Cl)cc1)S(C)(=O)=O. The monoisotopic (exact) mass is 421 g/mol. The molecule has 3 rings (SSSR count). The van der Waals surface area contributed by atoms with E-state index in [4.69, 9.17) is 11.6 Å². The molecule has 1 heterocycles. The van der Waals surface area contributed by atoms with Gasteiger partial charge < -0.3 is 9.80 Å². The van der Waals surface area contributed by atoms with Crippen LogP contribution in [0.3, 0.4) is 0 Å². The summed E-state index contributed by atoms with van der Waals surface area (Å²) < 4.78 is 26.0. The lowest BCUT2D eigenvalue weighted by Gasteiger charge is -2.39. The van der Waals surface area contributed by atoms with Crippen molar-refractivity contribution in [1.82, 2.24) is 4.90 Å². The summed E-state index contributed by atoms with van der Waals surface area (Å²) in [5, 5.41) is 0.508. The highest BCUT2D eigenvalue weighted by Crippen LogP contribution is 2.24. The van der Waals surface area contributed by atoms with Crippen LogP contribution in [-0.2, 0) is 14.8 Å². The zero-order chi connectivity index (χ0) is 20.3. The van der Waals surface area contributed by atoms with Gasteiger partial charge in [0.25, 0.3) is 0 Å². The van der Waals surface area contributed by atoms with E-state index in [0.29, 0.717) is 36.9 Å². The van der Waals surface area contributed by atoms with Gasteiger partial charge in [-0.3, -0.25) is 9.10 Å². The van der Waals surface area contributed by atoms with Gasteiger partial charge in [0.1, 0.15) is 6.04 Å². The number of rotatable bonds is 5. The number of carbonyl (C=O) groups is 1. The van der Waals surface area contributed by atoms with Crippen LogP contribution in [0.2, 0.25) is 5.02 Å². The van der Waals surface area contributed by atoms with Crippen LogP contribution in [-0.4, -0.2) is 57.7 Å². The molecule has 0 aliphatic carbocycles. The third-order valence-electron chi connectivity index (χ3n) is 4.86. The molecule has 1 atom stereocenters. The van der Waals surface area contributed by atoms with Crippen LogP contribution in [0.1, 0.15) is 6.92 Å². The van der Waals surface area contributed by atoms with Crippen molar-refractivity contribution in [3.05, 3.63) is 59.6 Å². The third-order valence-corrected chi connectivity index (χ3v) is 6.35. The van der Waals surface area contributed by atoms with E-state index in [2.05, 4.69) is 4.90 Å². The molecule has 1 aliphatic rings. The number of hydrogen-bond acceptors (Lipinski definition) is 4. The van der Waals surface area contributed by atoms with Gasteiger partial charge in [0.15, 0.2) is 0 Å². The van der Waals surface area contributed by atoms with Crippen molar-refractivity contribution in [2.45, 2.75) is 13.0 Å². The Hall–Kier alpha value is -2.25. The Bertz CT molecular complexity index is 911. The normalized spacial score (nSPS) is 16.0. The van der Waals surface area contributed by atoms with Crippen molar-refractivity contribution in [1.29, 1.82) is 0 Å². The molecule has 6 nitrogen and oxygen atoms in total. The number of halogens is 1. The maximum atomic E-state index is 13.0. The van der Waals surface area contributed by atoms with Crippen molar-refractivity contribution in [3.63, 3.8) is 0 Å². The minimum absolute atomic E-state index is 0.201. The standard InChI is InChI=1S/C20H24ClN3O3S/c1-16(24(28(2,26)27)19-10-8-17(21)9-11-19)20(25)23-14-12-22(13-15-23)18-6-4-3-5-7-18/h3-11,16H,12-15H2,1-2H3/t16-/m0/s1. The fourth-order valence-corrected chi connectivity index (χ4v) is 4.77. The Balaban J connectivity index is 1.73. The molecule has 1 amide bonds. The summed E-state index contributed by atoms with van der Waals surface area (Å²) in [5.74, 6) is -0.201. The summed E-state index contributed by atoms with van der Waals surface area (Å²) in [4.78, 5) is 17.0. The lowest BCUT2D eigenvalue weighted by Crippen LogP contribution is -2.55. The van der Waals surface area contributed by atoms with Crippen molar-refractivity contribution in [2.75, 3.05) is 41.6 Å². The third kappa shape index (κ3) is 4.59. The molecule has 28 heavy (non-hydrogen) atoms. The number of piperazine rings is 1. The average Bonchev–Trinajstić information content (AvgIpc) is 2.69. The van der Waals surface area contributed by atoms with Crippen molar-refractivity contribution in [3.8, 4) is 0 Å². The highest BCUT2D eigenvalue weighted by atomic mass is 35.5. The van der Waals surface area contributed by atoms with Crippen molar-refractivity contribution >= 4 is 38.9 Å². The fourth-order valence-electron chi connectivity index (χ4n) is 3.48. The highest BCUT2D eigenvalue weighted by molar-refractivity contribution is 7.92. The van der Waals surface area contributed by atoms with Gasteiger partial charge in [-0.2, -0.15) is 0 Å². The van der Waals surface area contributed by atoms with Gasteiger partial charge in [-0.15, -0.1) is 0 Å². The summed E-state index contributed by atoms with van der Waals surface area (Å²) >= 11 is 5.91. The van der Waals surface area contributed by atoms with Crippen LogP contribution in [0, 0.1) is 0 Å². The van der Waals surface area contributed by atoms with Gasteiger partial charge in [-0.25, -0.2) is 8.42 Å². The van der Waals surface area contributed by atoms with Gasteiger partial charge in [-0.1, -0.05) is 29.8 Å². The first-order chi connectivity index (χ1) is 13.3. The second-order valence-corrected chi connectivity index (χ2v) is 9.15. The fraction of sp³-hybridized carbons (Fsp3) is 0.350. The van der Waals surface area contributed by atoms with Crippen molar-refractivity contribution < 1.29 is 13.2 Å². The molecule has 8 heteroatoms. The Labute approximate surface area is 171 Å². The molecule has 0 saturated carbocycles. The summed E-state index contributed by atoms with van der Waals surface area (Å²) in [6.45, 7) is 4.15. The summed E-state index contributed by atoms with van der Waals surface area (Å²) in [5.41, 5.74) is 1.55. The van der Waals surface area contributed by atoms with Crippen molar-refractivity contribution in [2.24, 2.45) is 0 Å². The van der Waals surface area contributed by atoms with Gasteiger partial charge in [0, 0.05) is 36.9 Å². The second kappa shape index (κ2) is 8.41. The number of amides is 1. The molecule has 2 aromatic carbocycles. The predicted octanol–water partition coefficient (Wildman–Crippen LogP) is 2.84. The van der Waals surface area contributed by atoms with Gasteiger partial charge in [0.2, 0.25) is 15.9 Å². The minimum Gasteiger partial charge on any atom is -0.368 e. The van der Waals surface area contributed by atoms with Gasteiger partial charge in [0.05, 0.1) is 11.9 Å². The number of anilines is 2. The molecule has 0 spiro atoms. The molecule has 2 aromatic rings. The first-order valence-corrected chi connectivity index (χ1v) is 11.3. The lowest BCUT2D eigenvalue weighted by atomic mass is 10.2. The number of para-hydroxylation sites is 1. The average molecular weight is 422 g/mol. The van der Waals surface area contributed by atoms with Crippen LogP contribution in [0.25, 0.3) is 0 Å². The maximum Gasteiger partial charge on any atom is 0.246 e. The number of hydrogen-bond donors (Lipinski definition) is 0. The van der Waals surface area contributed by atoms with Crippen LogP contribution in [0.5, 0.6) is 0 Å². The van der Waals surface area contributed by atoms with E-state index in [1.807, 2.05) is 30.3 Å². The Morgan fingerprint density at radius 2 is 1.57 bits per heavy atom. The van der Waals surface area contributed by atoms with Crippen LogP contribution in [0.15, 0.2) is 54.6 Å². The van der Waals surface area contributed by atoms with E-state index in [9.17, 15) is 13.2 Å². The zero-order valence-electron chi connectivity index (χ0n) is 16.0. The molecule has 0 aromatic heterocycles. The molecule has 1 fully saturated rings. The Morgan fingerprint density at radius 3 is 2.11 bits per heavy atom. The van der Waals surface area contributed by atoms with Gasteiger partial charge >= 0.3 is 0 Å². The smallest absolute Gasteiger partial charge is 0.246 e. The quantitative estimate of drug-likeness (QED) is 0.744. The molecule has 0 unspecified atom stereocenters. The van der Waals surface area contributed by atoms with E-state index in [1.54, 1.807) is 36.1 Å². The minimum atomic E-state index is -3.64. The van der Waals surface area contributed by atoms with Crippen LogP contribution < -0.4 is 9.21 Å². The largest absolute Gasteiger partial charge is 0.368 e. The second-order valence-electron chi connectivity index (χ2n) is 6.86. The number of nitrogens with zero attached hydrogens (tertiary/aromatic N) is 3. The molecule has 150 valence electrons. The van der Waals surface area contributed by atoms with Crippen LogP contribution in [0.4, 0.5) is 11.4 Å². The molecule has 1 saturated heterocycles. The molecule has 1 aliphatic heterocycles. The van der Waals surface area contributed by atoms with Crippen LogP contribution >= 0.6 is 11.6 Å². The molecule has 0 radical (unpaired) electrons. The first-order valence-electron chi connectivity index (χ1n) is 9.11. The summed E-state index contributed by atoms with van der Waals surface area (Å²) in [7, 11) is -3.64. The molecular formula is C20H24ClN3O3S. The summed E-state index contributed by atoms with van der Waals surface area (Å²) in [6, 6.07) is 15.7. The van der Waals surface area contributed by atoms with E-state index >= 15 is 0 Å². The Kier molecular flexibility index (Phi) is 6.15. The zero-order valence-corrected chi connectivity index (χ0v) is 17.5. The molecule has 0 N–H and O–H groups in total. The van der Waals surface area contributed by atoms with E-state index in [0.717, 1.165) is 16.2 Å². The maximum absolute atomic E-state index is 13.0.